The van der Waals surface area contributed by atoms with Gasteiger partial charge in [0.05, 0.1) is 0 Å². The van der Waals surface area contributed by atoms with E-state index >= 15 is 0 Å². The molecule has 3 aromatic rings. The Morgan fingerprint density at radius 3 is 2.97 bits per heavy atom. The van der Waals surface area contributed by atoms with Crippen molar-refractivity contribution in [3.8, 4) is 0 Å². The highest BCUT2D eigenvalue weighted by molar-refractivity contribution is 6.29. The summed E-state index contributed by atoms with van der Waals surface area (Å²) in [5.74, 6) is 1.01. The fourth-order valence-corrected chi connectivity index (χ4v) is 5.28. The highest BCUT2D eigenvalue weighted by Gasteiger charge is 2.41. The second-order valence-corrected chi connectivity index (χ2v) is 8.80. The number of piperidine rings is 1. The molecular formula is C22H24ClN5O. The SMILES string of the molecule is CC(C(=O)Nc1ccc(Cl)nn1)[C@@H]1CC2c3cccc4[nH]cc(c34)C[C@H]2N(C)C1. The van der Waals surface area contributed by atoms with Crippen LogP contribution in [0.2, 0.25) is 5.15 Å². The van der Waals surface area contributed by atoms with Crippen molar-refractivity contribution in [2.75, 3.05) is 18.9 Å². The van der Waals surface area contributed by atoms with Crippen LogP contribution in [0, 0.1) is 11.8 Å². The lowest BCUT2D eigenvalue weighted by atomic mass is 9.70. The van der Waals surface area contributed by atoms with E-state index in [0.717, 1.165) is 19.4 Å². The summed E-state index contributed by atoms with van der Waals surface area (Å²) in [7, 11) is 2.19. The van der Waals surface area contributed by atoms with Gasteiger partial charge in [-0.05, 0) is 55.1 Å². The largest absolute Gasteiger partial charge is 0.361 e. The number of hydrogen-bond donors (Lipinski definition) is 2. The lowest BCUT2D eigenvalue weighted by Crippen LogP contribution is -2.50. The number of nitrogens with one attached hydrogen (secondary N) is 2. The minimum absolute atomic E-state index is 0.0187. The molecule has 2 aromatic heterocycles. The van der Waals surface area contributed by atoms with Gasteiger partial charge in [0.25, 0.3) is 0 Å². The molecule has 2 aliphatic rings. The van der Waals surface area contributed by atoms with Crippen molar-refractivity contribution < 1.29 is 4.79 Å². The molecule has 1 aliphatic heterocycles. The molecule has 0 spiro atoms. The summed E-state index contributed by atoms with van der Waals surface area (Å²) < 4.78 is 0. The summed E-state index contributed by atoms with van der Waals surface area (Å²) in [5, 5.41) is 12.3. The number of halogens is 1. The van der Waals surface area contributed by atoms with Crippen molar-refractivity contribution in [3.63, 3.8) is 0 Å². The van der Waals surface area contributed by atoms with Crippen molar-refractivity contribution in [1.29, 1.82) is 0 Å². The van der Waals surface area contributed by atoms with Crippen molar-refractivity contribution in [2.24, 2.45) is 11.8 Å². The second kappa shape index (κ2) is 7.11. The van der Waals surface area contributed by atoms with Crippen LogP contribution in [0.3, 0.4) is 0 Å². The van der Waals surface area contributed by atoms with E-state index in [9.17, 15) is 4.79 Å². The molecule has 0 bridgehead atoms. The number of fused-ring (bicyclic) bond motifs is 2. The number of H-pyrrole nitrogens is 1. The van der Waals surface area contributed by atoms with Gasteiger partial charge in [0.1, 0.15) is 0 Å². The predicted octanol–water partition coefficient (Wildman–Crippen LogP) is 3.85. The molecule has 1 aliphatic carbocycles. The zero-order valence-electron chi connectivity index (χ0n) is 16.5. The van der Waals surface area contributed by atoms with Gasteiger partial charge in [-0.3, -0.25) is 4.79 Å². The Kier molecular flexibility index (Phi) is 4.56. The molecule has 7 heteroatoms. The Morgan fingerprint density at radius 1 is 1.31 bits per heavy atom. The van der Waals surface area contributed by atoms with Gasteiger partial charge in [-0.15, -0.1) is 10.2 Å². The average molecular weight is 410 g/mol. The minimum Gasteiger partial charge on any atom is -0.361 e. The van der Waals surface area contributed by atoms with Gasteiger partial charge in [-0.1, -0.05) is 30.7 Å². The molecule has 1 fully saturated rings. The summed E-state index contributed by atoms with van der Waals surface area (Å²) in [4.78, 5) is 18.7. The Balaban J connectivity index is 1.38. The van der Waals surface area contributed by atoms with Crippen molar-refractivity contribution in [3.05, 3.63) is 52.8 Å². The van der Waals surface area contributed by atoms with Gasteiger partial charge < -0.3 is 15.2 Å². The summed E-state index contributed by atoms with van der Waals surface area (Å²) in [5.41, 5.74) is 4.05. The van der Waals surface area contributed by atoms with Gasteiger partial charge in [0, 0.05) is 41.5 Å². The van der Waals surface area contributed by atoms with Crippen molar-refractivity contribution in [1.82, 2.24) is 20.1 Å². The Labute approximate surface area is 174 Å². The molecule has 0 saturated carbocycles. The van der Waals surface area contributed by atoms with E-state index in [2.05, 4.69) is 56.8 Å². The number of anilines is 1. The Hall–Kier alpha value is -2.44. The molecule has 29 heavy (non-hydrogen) atoms. The van der Waals surface area contributed by atoms with E-state index in [1.165, 1.54) is 22.0 Å². The molecule has 1 aromatic carbocycles. The summed E-state index contributed by atoms with van der Waals surface area (Å²) in [6.45, 7) is 2.93. The average Bonchev–Trinajstić information content (AvgIpc) is 3.14. The summed E-state index contributed by atoms with van der Waals surface area (Å²) in [6.07, 6.45) is 4.24. The van der Waals surface area contributed by atoms with Crippen LogP contribution in [0.5, 0.6) is 0 Å². The first-order chi connectivity index (χ1) is 14.0. The van der Waals surface area contributed by atoms with E-state index in [-0.39, 0.29) is 17.7 Å². The van der Waals surface area contributed by atoms with E-state index < -0.39 is 0 Å². The first-order valence-electron chi connectivity index (χ1n) is 10.1. The monoisotopic (exact) mass is 409 g/mol. The summed E-state index contributed by atoms with van der Waals surface area (Å²) >= 11 is 5.78. The molecular weight excluding hydrogens is 386 g/mol. The second-order valence-electron chi connectivity index (χ2n) is 8.42. The number of aromatic nitrogens is 3. The maximum absolute atomic E-state index is 12.9. The lowest BCUT2D eigenvalue weighted by Gasteiger charge is -2.46. The molecule has 2 N–H and O–H groups in total. The third kappa shape index (κ3) is 3.20. The molecule has 4 atom stereocenters. The van der Waals surface area contributed by atoms with Gasteiger partial charge in [0.15, 0.2) is 11.0 Å². The quantitative estimate of drug-likeness (QED) is 0.689. The van der Waals surface area contributed by atoms with Crippen LogP contribution >= 0.6 is 11.6 Å². The summed E-state index contributed by atoms with van der Waals surface area (Å²) in [6, 6.07) is 10.3. The fraction of sp³-hybridized carbons (Fsp3) is 0.409. The normalized spacial score (nSPS) is 24.9. The van der Waals surface area contributed by atoms with Gasteiger partial charge in [0.2, 0.25) is 5.91 Å². The topological polar surface area (TPSA) is 73.9 Å². The van der Waals surface area contributed by atoms with Crippen LogP contribution in [-0.2, 0) is 11.2 Å². The van der Waals surface area contributed by atoms with Gasteiger partial charge >= 0.3 is 0 Å². The zero-order chi connectivity index (χ0) is 20.1. The maximum atomic E-state index is 12.9. The van der Waals surface area contributed by atoms with Crippen LogP contribution in [0.15, 0.2) is 36.5 Å². The van der Waals surface area contributed by atoms with Crippen LogP contribution in [-0.4, -0.2) is 45.6 Å². The van der Waals surface area contributed by atoms with Crippen LogP contribution < -0.4 is 5.32 Å². The molecule has 6 nitrogen and oxygen atoms in total. The molecule has 5 rings (SSSR count). The molecule has 150 valence electrons. The number of nitrogens with zero attached hydrogens (tertiary/aromatic N) is 3. The molecule has 0 radical (unpaired) electrons. The van der Waals surface area contributed by atoms with Crippen molar-refractivity contribution in [2.45, 2.75) is 31.7 Å². The smallest absolute Gasteiger partial charge is 0.228 e. The van der Waals surface area contributed by atoms with Crippen LogP contribution in [0.4, 0.5) is 5.82 Å². The number of amides is 1. The standard InChI is InChI=1S/C22H24ClN5O/c1-12(22(29)25-20-7-6-19(23)26-27-20)14-8-16-15-4-3-5-17-21(15)13(10-24-17)9-18(16)28(2)11-14/h3-7,10,12,14,16,18,24H,8-9,11H2,1-2H3,(H,25,27,29)/t12?,14-,16?,18-/m1/s1. The third-order valence-corrected chi connectivity index (χ3v) is 6.96. The zero-order valence-corrected chi connectivity index (χ0v) is 17.3. The highest BCUT2D eigenvalue weighted by Crippen LogP contribution is 2.45. The lowest BCUT2D eigenvalue weighted by molar-refractivity contribution is -0.122. The predicted molar refractivity (Wildman–Crippen MR) is 114 cm³/mol. The number of likely N-dealkylation sites (tertiary alicyclic amines) is 1. The third-order valence-electron chi connectivity index (χ3n) is 6.76. The fourth-order valence-electron chi connectivity index (χ4n) is 5.18. The number of likely N-dealkylation sites (N-methyl/N-ethyl adjacent to an activating group) is 1. The number of hydrogen-bond acceptors (Lipinski definition) is 4. The molecule has 1 amide bonds. The first-order valence-corrected chi connectivity index (χ1v) is 10.5. The Bertz CT molecular complexity index is 1060. The molecule has 2 unspecified atom stereocenters. The minimum atomic E-state index is -0.122. The van der Waals surface area contributed by atoms with Gasteiger partial charge in [-0.2, -0.15) is 0 Å². The van der Waals surface area contributed by atoms with Crippen LogP contribution in [0.25, 0.3) is 10.9 Å². The van der Waals surface area contributed by atoms with E-state index in [1.807, 2.05) is 6.92 Å². The van der Waals surface area contributed by atoms with E-state index in [4.69, 9.17) is 11.6 Å². The number of rotatable bonds is 3. The number of carbonyl (C=O) groups is 1. The number of carbonyl (C=O) groups excluding carboxylic acids is 1. The highest BCUT2D eigenvalue weighted by atomic mass is 35.5. The van der Waals surface area contributed by atoms with Gasteiger partial charge in [-0.25, -0.2) is 0 Å². The van der Waals surface area contributed by atoms with E-state index in [0.29, 0.717) is 22.9 Å². The van der Waals surface area contributed by atoms with E-state index in [1.54, 1.807) is 12.1 Å². The first kappa shape index (κ1) is 18.6. The van der Waals surface area contributed by atoms with Crippen molar-refractivity contribution >= 4 is 34.2 Å². The maximum Gasteiger partial charge on any atom is 0.228 e. The molecule has 3 heterocycles. The molecule has 1 saturated heterocycles. The number of aromatic amines is 1. The Morgan fingerprint density at radius 2 is 2.17 bits per heavy atom. The number of benzene rings is 1. The van der Waals surface area contributed by atoms with Crippen LogP contribution in [0.1, 0.15) is 30.4 Å².